The highest BCUT2D eigenvalue weighted by atomic mass is 35.5. The van der Waals surface area contributed by atoms with E-state index in [1.54, 1.807) is 35.4 Å². The number of nitrogens with zero attached hydrogens (tertiary/aromatic N) is 4. The topological polar surface area (TPSA) is 98.7 Å². The van der Waals surface area contributed by atoms with Crippen molar-refractivity contribution in [1.82, 2.24) is 19.5 Å². The maximum absolute atomic E-state index is 14.2. The zero-order valence-electron chi connectivity index (χ0n) is 15.3. The maximum atomic E-state index is 14.2. The van der Waals surface area contributed by atoms with Crippen molar-refractivity contribution >= 4 is 24.3 Å². The fraction of sp³-hybridized carbons (Fsp3) is 0.263. The van der Waals surface area contributed by atoms with Crippen LogP contribution in [0.5, 0.6) is 0 Å². The summed E-state index contributed by atoms with van der Waals surface area (Å²) in [5.41, 5.74) is 5.82. The maximum Gasteiger partial charge on any atom is 0.250 e. The molecule has 29 heavy (non-hydrogen) atoms. The molecule has 3 N–H and O–H groups in total. The van der Waals surface area contributed by atoms with Gasteiger partial charge in [0.05, 0.1) is 29.3 Å². The standard InChI is InChI=1S/C19H18F2N6O.ClH/c20-13-6-19(7-13,16-15(21)2-1-4-23-16)11-26-18-24-8-14(9-25-18)27-5-3-12(10-27)17(22)28;/h1-5,8-10,13H,6-7,11H2,(H2,22,28)(H,24,25,26);1H. The molecule has 4 rings (SSSR count). The van der Waals surface area contributed by atoms with Gasteiger partial charge in [0, 0.05) is 30.6 Å². The lowest BCUT2D eigenvalue weighted by Gasteiger charge is -2.43. The van der Waals surface area contributed by atoms with E-state index in [1.807, 2.05) is 0 Å². The molecule has 0 bridgehead atoms. The molecule has 1 saturated carbocycles. The van der Waals surface area contributed by atoms with E-state index in [0.717, 1.165) is 0 Å². The number of alkyl halides is 1. The summed E-state index contributed by atoms with van der Waals surface area (Å²) >= 11 is 0. The highest BCUT2D eigenvalue weighted by Gasteiger charge is 2.48. The molecule has 3 aromatic rings. The quantitative estimate of drug-likeness (QED) is 0.639. The molecule has 0 aromatic carbocycles. The molecular formula is C19H19ClF2N6O. The van der Waals surface area contributed by atoms with Crippen LogP contribution in [0.25, 0.3) is 5.69 Å². The summed E-state index contributed by atoms with van der Waals surface area (Å²) in [5, 5.41) is 3.06. The van der Waals surface area contributed by atoms with E-state index < -0.39 is 23.3 Å². The summed E-state index contributed by atoms with van der Waals surface area (Å²) in [6.07, 6.45) is 7.35. The average molecular weight is 421 g/mol. The van der Waals surface area contributed by atoms with Gasteiger partial charge in [-0.3, -0.25) is 9.78 Å². The normalized spacial score (nSPS) is 20.4. The first-order valence-corrected chi connectivity index (χ1v) is 8.76. The number of halogens is 3. The molecule has 0 aliphatic heterocycles. The van der Waals surface area contributed by atoms with Crippen LogP contribution < -0.4 is 11.1 Å². The average Bonchev–Trinajstić information content (AvgIpc) is 3.16. The van der Waals surface area contributed by atoms with Gasteiger partial charge in [-0.1, -0.05) is 0 Å². The number of primary amides is 1. The second-order valence-electron chi connectivity index (χ2n) is 6.91. The van der Waals surface area contributed by atoms with E-state index >= 15 is 0 Å². The van der Waals surface area contributed by atoms with Crippen molar-refractivity contribution in [3.05, 3.63) is 66.3 Å². The van der Waals surface area contributed by atoms with E-state index in [0.29, 0.717) is 17.2 Å². The molecule has 152 valence electrons. The van der Waals surface area contributed by atoms with Crippen molar-refractivity contribution in [3.8, 4) is 5.69 Å². The molecule has 7 nitrogen and oxygen atoms in total. The summed E-state index contributed by atoms with van der Waals surface area (Å²) in [7, 11) is 0. The zero-order valence-corrected chi connectivity index (χ0v) is 16.1. The number of hydrogen-bond donors (Lipinski definition) is 2. The number of rotatable bonds is 6. The number of nitrogens with two attached hydrogens (primary N) is 1. The van der Waals surface area contributed by atoms with Crippen LogP contribution in [0, 0.1) is 5.82 Å². The van der Waals surface area contributed by atoms with Gasteiger partial charge in [-0.15, -0.1) is 12.4 Å². The Hall–Kier alpha value is -3.07. The molecule has 10 heteroatoms. The monoisotopic (exact) mass is 420 g/mol. The van der Waals surface area contributed by atoms with Gasteiger partial charge >= 0.3 is 0 Å². The van der Waals surface area contributed by atoms with Crippen molar-refractivity contribution in [2.75, 3.05) is 11.9 Å². The first-order valence-electron chi connectivity index (χ1n) is 8.76. The number of amides is 1. The summed E-state index contributed by atoms with van der Waals surface area (Å²) in [5.74, 6) is -0.619. The number of nitrogens with one attached hydrogen (secondary N) is 1. The molecule has 0 atom stereocenters. The first-order chi connectivity index (χ1) is 13.5. The van der Waals surface area contributed by atoms with E-state index in [-0.39, 0.29) is 37.5 Å². The molecule has 3 heterocycles. The second-order valence-corrected chi connectivity index (χ2v) is 6.91. The van der Waals surface area contributed by atoms with E-state index in [2.05, 4.69) is 20.3 Å². The minimum atomic E-state index is -0.973. The number of aromatic nitrogens is 4. The summed E-state index contributed by atoms with van der Waals surface area (Å²) in [6, 6.07) is 4.44. The van der Waals surface area contributed by atoms with Gasteiger partial charge in [-0.25, -0.2) is 18.7 Å². The molecule has 0 saturated heterocycles. The lowest BCUT2D eigenvalue weighted by atomic mass is 9.65. The molecule has 0 radical (unpaired) electrons. The molecule has 1 aliphatic carbocycles. The van der Waals surface area contributed by atoms with Crippen molar-refractivity contribution in [3.63, 3.8) is 0 Å². The Bertz CT molecular complexity index is 1000. The van der Waals surface area contributed by atoms with Gasteiger partial charge in [-0.05, 0) is 31.0 Å². The van der Waals surface area contributed by atoms with E-state index in [4.69, 9.17) is 5.73 Å². The Kier molecular flexibility index (Phi) is 5.78. The fourth-order valence-corrected chi connectivity index (χ4v) is 3.48. The summed E-state index contributed by atoms with van der Waals surface area (Å²) in [6.45, 7) is 0.274. The SMILES string of the molecule is Cl.NC(=O)c1ccn(-c2cnc(NCC3(c4ncccc4F)CC(F)C3)nc2)c1. The lowest BCUT2D eigenvalue weighted by Crippen LogP contribution is -2.49. The van der Waals surface area contributed by atoms with Crippen LogP contribution in [0.1, 0.15) is 28.9 Å². The Labute approximate surface area is 171 Å². The van der Waals surface area contributed by atoms with Gasteiger partial charge in [0.2, 0.25) is 11.9 Å². The Balaban J connectivity index is 0.00000240. The zero-order chi connectivity index (χ0) is 19.7. The molecule has 0 unspecified atom stereocenters. The Morgan fingerprint density at radius 2 is 2.00 bits per heavy atom. The van der Waals surface area contributed by atoms with Gasteiger partial charge in [-0.2, -0.15) is 0 Å². The van der Waals surface area contributed by atoms with Gasteiger partial charge in [0.1, 0.15) is 12.0 Å². The van der Waals surface area contributed by atoms with Crippen LogP contribution in [0.3, 0.4) is 0 Å². The van der Waals surface area contributed by atoms with Crippen LogP contribution in [0.15, 0.2) is 49.2 Å². The number of anilines is 1. The molecule has 1 aliphatic rings. The summed E-state index contributed by atoms with van der Waals surface area (Å²) in [4.78, 5) is 23.8. The van der Waals surface area contributed by atoms with Crippen LogP contribution in [-0.2, 0) is 5.41 Å². The smallest absolute Gasteiger partial charge is 0.250 e. The molecule has 1 fully saturated rings. The number of carbonyl (C=O) groups excluding carboxylic acids is 1. The predicted molar refractivity (Wildman–Crippen MR) is 106 cm³/mol. The lowest BCUT2D eigenvalue weighted by molar-refractivity contribution is 0.0963. The predicted octanol–water partition coefficient (Wildman–Crippen LogP) is 2.80. The summed E-state index contributed by atoms with van der Waals surface area (Å²) < 4.78 is 29.5. The number of hydrogen-bond acceptors (Lipinski definition) is 5. The first kappa shape index (κ1) is 20.7. The third-order valence-corrected chi connectivity index (χ3v) is 4.98. The molecular weight excluding hydrogens is 402 g/mol. The highest BCUT2D eigenvalue weighted by Crippen LogP contribution is 2.45. The van der Waals surface area contributed by atoms with Crippen molar-refractivity contribution in [2.24, 2.45) is 5.73 Å². The third kappa shape index (κ3) is 4.04. The van der Waals surface area contributed by atoms with Crippen LogP contribution in [-0.4, -0.2) is 38.1 Å². The number of pyridine rings is 1. The molecule has 0 spiro atoms. The van der Waals surface area contributed by atoms with E-state index in [1.165, 1.54) is 18.3 Å². The molecule has 3 aromatic heterocycles. The Morgan fingerprint density at radius 3 is 2.59 bits per heavy atom. The largest absolute Gasteiger partial charge is 0.366 e. The second kappa shape index (κ2) is 8.12. The number of carbonyl (C=O) groups is 1. The van der Waals surface area contributed by atoms with Crippen LogP contribution in [0.4, 0.5) is 14.7 Å². The fourth-order valence-electron chi connectivity index (χ4n) is 3.48. The van der Waals surface area contributed by atoms with Crippen molar-refractivity contribution in [1.29, 1.82) is 0 Å². The van der Waals surface area contributed by atoms with Crippen molar-refractivity contribution < 1.29 is 13.6 Å². The molecule has 1 amide bonds. The minimum Gasteiger partial charge on any atom is -0.366 e. The van der Waals surface area contributed by atoms with Gasteiger partial charge in [0.25, 0.3) is 0 Å². The van der Waals surface area contributed by atoms with E-state index in [9.17, 15) is 13.6 Å². The Morgan fingerprint density at radius 1 is 1.28 bits per heavy atom. The van der Waals surface area contributed by atoms with Gasteiger partial charge < -0.3 is 15.6 Å². The van der Waals surface area contributed by atoms with Crippen molar-refractivity contribution in [2.45, 2.75) is 24.4 Å². The minimum absolute atomic E-state index is 0. The van der Waals surface area contributed by atoms with Crippen LogP contribution >= 0.6 is 12.4 Å². The third-order valence-electron chi connectivity index (χ3n) is 4.98. The van der Waals surface area contributed by atoms with Crippen LogP contribution in [0.2, 0.25) is 0 Å². The van der Waals surface area contributed by atoms with Gasteiger partial charge in [0.15, 0.2) is 0 Å². The highest BCUT2D eigenvalue weighted by molar-refractivity contribution is 5.92.